The molecule has 0 aromatic rings. The molecule has 2 unspecified atom stereocenters. The number of amides is 3. The highest BCUT2D eigenvalue weighted by atomic mass is 32.2. The molecule has 114 valence electrons. The van der Waals surface area contributed by atoms with Gasteiger partial charge in [-0.05, 0) is 5.92 Å². The molecule has 2 atom stereocenters. The molecule has 0 radical (unpaired) electrons. The van der Waals surface area contributed by atoms with Crippen LogP contribution in [0.3, 0.4) is 0 Å². The molecule has 1 heterocycles. The van der Waals surface area contributed by atoms with E-state index in [2.05, 4.69) is 5.32 Å². The minimum absolute atomic E-state index is 0.0832. The number of rotatable bonds is 5. The molecule has 0 spiro atoms. The number of nitrogens with zero attached hydrogens (tertiary/aromatic N) is 1. The zero-order valence-electron chi connectivity index (χ0n) is 11.7. The van der Waals surface area contributed by atoms with Crippen molar-refractivity contribution in [3.63, 3.8) is 0 Å². The first-order valence-corrected chi connectivity index (χ1v) is 7.64. The van der Waals surface area contributed by atoms with Crippen LogP contribution in [-0.2, 0) is 9.59 Å². The van der Waals surface area contributed by atoms with Crippen LogP contribution in [0.25, 0.3) is 0 Å². The summed E-state index contributed by atoms with van der Waals surface area (Å²) in [5.74, 6) is 0.0579. The lowest BCUT2D eigenvalue weighted by Crippen LogP contribution is -2.57. The Morgan fingerprint density at radius 3 is 2.60 bits per heavy atom. The summed E-state index contributed by atoms with van der Waals surface area (Å²) < 4.78 is 0. The molecule has 1 saturated heterocycles. The van der Waals surface area contributed by atoms with E-state index >= 15 is 0 Å². The first-order chi connectivity index (χ1) is 9.32. The average Bonchev–Trinajstić information content (AvgIpc) is 2.34. The molecule has 0 bridgehead atoms. The Morgan fingerprint density at radius 1 is 1.45 bits per heavy atom. The first kappa shape index (κ1) is 16.6. The molecule has 3 amide bonds. The Morgan fingerprint density at radius 2 is 2.10 bits per heavy atom. The van der Waals surface area contributed by atoms with E-state index in [1.54, 1.807) is 16.7 Å². The van der Waals surface area contributed by atoms with Gasteiger partial charge < -0.3 is 21.1 Å². The minimum atomic E-state index is -0.931. The maximum atomic E-state index is 12.5. The molecule has 1 aliphatic rings. The van der Waals surface area contributed by atoms with Gasteiger partial charge in [0, 0.05) is 18.1 Å². The van der Waals surface area contributed by atoms with Gasteiger partial charge in [-0.1, -0.05) is 13.8 Å². The molecule has 20 heavy (non-hydrogen) atoms. The summed E-state index contributed by atoms with van der Waals surface area (Å²) in [6.45, 7) is 4.11. The Balaban J connectivity index is 2.83. The number of carbonyl (C=O) groups is 3. The fourth-order valence-electron chi connectivity index (χ4n) is 2.16. The second kappa shape index (κ2) is 7.37. The van der Waals surface area contributed by atoms with Crippen molar-refractivity contribution in [1.29, 1.82) is 0 Å². The van der Waals surface area contributed by atoms with Crippen molar-refractivity contribution >= 4 is 29.7 Å². The number of carboxylic acids is 1. The zero-order chi connectivity index (χ0) is 15.3. The standard InChI is InChI=1S/C12H21N3O4S/c1-7(2)10(14-12(13)19)11(18)15-3-4-20-6-8(15)5-9(16)17/h7-8,10H,3-6H2,1-2H3,(H,16,17)(H3,13,14,19). The number of urea groups is 1. The summed E-state index contributed by atoms with van der Waals surface area (Å²) in [4.78, 5) is 36.0. The number of carboxylic acid groups (broad SMARTS) is 1. The third kappa shape index (κ3) is 4.59. The summed E-state index contributed by atoms with van der Waals surface area (Å²) in [6, 6.07) is -1.81. The van der Waals surface area contributed by atoms with Gasteiger partial charge in [-0.2, -0.15) is 11.8 Å². The Labute approximate surface area is 122 Å². The number of carbonyl (C=O) groups excluding carboxylic acids is 2. The van der Waals surface area contributed by atoms with Crippen LogP contribution in [-0.4, -0.2) is 58.0 Å². The third-order valence-corrected chi connectivity index (χ3v) is 4.24. The molecule has 0 aliphatic carbocycles. The topological polar surface area (TPSA) is 113 Å². The van der Waals surface area contributed by atoms with Gasteiger partial charge in [-0.25, -0.2) is 4.79 Å². The smallest absolute Gasteiger partial charge is 0.312 e. The number of thioether (sulfide) groups is 1. The van der Waals surface area contributed by atoms with Crippen molar-refractivity contribution < 1.29 is 19.5 Å². The lowest BCUT2D eigenvalue weighted by atomic mass is 10.0. The molecule has 7 nitrogen and oxygen atoms in total. The monoisotopic (exact) mass is 303 g/mol. The Hall–Kier alpha value is -1.44. The Kier molecular flexibility index (Phi) is 6.12. The van der Waals surface area contributed by atoms with Crippen molar-refractivity contribution in [1.82, 2.24) is 10.2 Å². The quantitative estimate of drug-likeness (QED) is 0.666. The highest BCUT2D eigenvalue weighted by Crippen LogP contribution is 2.21. The molecule has 1 fully saturated rings. The van der Waals surface area contributed by atoms with Gasteiger partial charge in [0.25, 0.3) is 0 Å². The molecular formula is C12H21N3O4S. The summed E-state index contributed by atoms with van der Waals surface area (Å²) in [6.07, 6.45) is -0.0832. The van der Waals surface area contributed by atoms with Gasteiger partial charge in [0.05, 0.1) is 12.5 Å². The van der Waals surface area contributed by atoms with Gasteiger partial charge in [-0.15, -0.1) is 0 Å². The number of hydrogen-bond donors (Lipinski definition) is 3. The van der Waals surface area contributed by atoms with Crippen LogP contribution in [0.1, 0.15) is 20.3 Å². The first-order valence-electron chi connectivity index (χ1n) is 6.49. The molecule has 1 aliphatic heterocycles. The van der Waals surface area contributed by atoms with E-state index in [0.717, 1.165) is 5.75 Å². The fraction of sp³-hybridized carbons (Fsp3) is 0.750. The van der Waals surface area contributed by atoms with Crippen molar-refractivity contribution in [3.05, 3.63) is 0 Å². The summed E-state index contributed by atoms with van der Waals surface area (Å²) in [5, 5.41) is 11.4. The van der Waals surface area contributed by atoms with E-state index in [0.29, 0.717) is 12.3 Å². The molecule has 0 aromatic carbocycles. The molecule has 0 aromatic heterocycles. The van der Waals surface area contributed by atoms with Crippen molar-refractivity contribution in [3.8, 4) is 0 Å². The van der Waals surface area contributed by atoms with Crippen molar-refractivity contribution in [2.75, 3.05) is 18.1 Å². The number of primary amides is 1. The highest BCUT2D eigenvalue weighted by molar-refractivity contribution is 7.99. The zero-order valence-corrected chi connectivity index (χ0v) is 12.5. The van der Waals surface area contributed by atoms with Gasteiger partial charge in [0.1, 0.15) is 6.04 Å². The van der Waals surface area contributed by atoms with E-state index in [1.807, 2.05) is 13.8 Å². The van der Waals surface area contributed by atoms with E-state index in [-0.39, 0.29) is 24.3 Å². The largest absolute Gasteiger partial charge is 0.481 e. The van der Waals surface area contributed by atoms with Crippen LogP contribution in [0.2, 0.25) is 0 Å². The SMILES string of the molecule is CC(C)C(NC(N)=O)C(=O)N1CCSCC1CC(=O)O. The van der Waals surface area contributed by atoms with Gasteiger partial charge in [0.15, 0.2) is 0 Å². The van der Waals surface area contributed by atoms with E-state index in [1.165, 1.54) is 0 Å². The number of hydrogen-bond acceptors (Lipinski definition) is 4. The predicted molar refractivity (Wildman–Crippen MR) is 76.4 cm³/mol. The molecule has 0 saturated carbocycles. The van der Waals surface area contributed by atoms with Crippen LogP contribution in [0.4, 0.5) is 4.79 Å². The maximum Gasteiger partial charge on any atom is 0.312 e. The lowest BCUT2D eigenvalue weighted by molar-refractivity contribution is -0.141. The minimum Gasteiger partial charge on any atom is -0.481 e. The fourth-order valence-corrected chi connectivity index (χ4v) is 3.22. The van der Waals surface area contributed by atoms with Crippen molar-refractivity contribution in [2.45, 2.75) is 32.4 Å². The summed E-state index contributed by atoms with van der Waals surface area (Å²) in [7, 11) is 0. The third-order valence-electron chi connectivity index (χ3n) is 3.15. The molecular weight excluding hydrogens is 282 g/mol. The second-order valence-electron chi connectivity index (χ2n) is 5.09. The van der Waals surface area contributed by atoms with Gasteiger partial charge in [0.2, 0.25) is 5.91 Å². The number of nitrogens with two attached hydrogens (primary N) is 1. The van der Waals surface area contributed by atoms with Crippen LogP contribution in [0.15, 0.2) is 0 Å². The summed E-state index contributed by atoms with van der Waals surface area (Å²) >= 11 is 1.63. The van der Waals surface area contributed by atoms with Crippen LogP contribution in [0, 0.1) is 5.92 Å². The normalized spacial score (nSPS) is 20.6. The molecule has 8 heteroatoms. The van der Waals surface area contributed by atoms with Crippen LogP contribution >= 0.6 is 11.8 Å². The highest BCUT2D eigenvalue weighted by Gasteiger charge is 2.34. The van der Waals surface area contributed by atoms with E-state index in [9.17, 15) is 14.4 Å². The van der Waals surface area contributed by atoms with Crippen molar-refractivity contribution in [2.24, 2.45) is 11.7 Å². The predicted octanol–water partition coefficient (Wildman–Crippen LogP) is 0.0980. The van der Waals surface area contributed by atoms with Gasteiger partial charge >= 0.3 is 12.0 Å². The van der Waals surface area contributed by atoms with Crippen LogP contribution in [0.5, 0.6) is 0 Å². The summed E-state index contributed by atoms with van der Waals surface area (Å²) in [5.41, 5.74) is 5.09. The lowest BCUT2D eigenvalue weighted by Gasteiger charge is -2.37. The maximum absolute atomic E-state index is 12.5. The Bertz CT molecular complexity index is 389. The van der Waals surface area contributed by atoms with E-state index < -0.39 is 18.0 Å². The molecule has 1 rings (SSSR count). The average molecular weight is 303 g/mol. The second-order valence-corrected chi connectivity index (χ2v) is 6.24. The van der Waals surface area contributed by atoms with Gasteiger partial charge in [-0.3, -0.25) is 9.59 Å². The van der Waals surface area contributed by atoms with Crippen LogP contribution < -0.4 is 11.1 Å². The number of nitrogens with one attached hydrogen (secondary N) is 1. The van der Waals surface area contributed by atoms with E-state index in [4.69, 9.17) is 10.8 Å². The molecule has 4 N–H and O–H groups in total. The number of aliphatic carboxylic acids is 1.